The van der Waals surface area contributed by atoms with E-state index < -0.39 is 0 Å². The highest BCUT2D eigenvalue weighted by Crippen LogP contribution is 2.27. The van der Waals surface area contributed by atoms with Gasteiger partial charge in [-0.05, 0) is 34.5 Å². The molecule has 0 radical (unpaired) electrons. The van der Waals surface area contributed by atoms with Crippen LogP contribution in [0.25, 0.3) is 11.4 Å². The Hall–Kier alpha value is -1.49. The average Bonchev–Trinajstić information content (AvgIpc) is 2.31. The van der Waals surface area contributed by atoms with E-state index in [4.69, 9.17) is 0 Å². The van der Waals surface area contributed by atoms with Crippen LogP contribution in [0.15, 0.2) is 27.7 Å². The number of aromatic amines is 1. The summed E-state index contributed by atoms with van der Waals surface area (Å²) >= 11 is 3.32. The molecule has 1 N–H and O–H groups in total. The number of nitrogens with one attached hydrogen (secondary N) is 1. The SMILES string of the molecule is Cc1ccncc1-c1nc(C(C)(C)C)c(Br)c(=O)[nH]1. The molecule has 0 spiro atoms. The Labute approximate surface area is 120 Å². The zero-order valence-electron chi connectivity index (χ0n) is 11.4. The summed E-state index contributed by atoms with van der Waals surface area (Å²) in [4.78, 5) is 23.5. The lowest BCUT2D eigenvalue weighted by atomic mass is 9.92. The van der Waals surface area contributed by atoms with Gasteiger partial charge in [0.25, 0.3) is 5.56 Å². The van der Waals surface area contributed by atoms with E-state index >= 15 is 0 Å². The van der Waals surface area contributed by atoms with Gasteiger partial charge in [0.1, 0.15) is 10.3 Å². The van der Waals surface area contributed by atoms with Crippen molar-refractivity contribution in [2.75, 3.05) is 0 Å². The summed E-state index contributed by atoms with van der Waals surface area (Å²) < 4.78 is 0.491. The van der Waals surface area contributed by atoms with Gasteiger partial charge < -0.3 is 4.98 Å². The van der Waals surface area contributed by atoms with Gasteiger partial charge in [0.05, 0.1) is 5.69 Å². The summed E-state index contributed by atoms with van der Waals surface area (Å²) in [5, 5.41) is 0. The molecule has 0 aromatic carbocycles. The zero-order valence-corrected chi connectivity index (χ0v) is 13.0. The molecule has 0 saturated heterocycles. The fraction of sp³-hybridized carbons (Fsp3) is 0.357. The quantitative estimate of drug-likeness (QED) is 0.877. The molecule has 2 aromatic heterocycles. The van der Waals surface area contributed by atoms with Crippen molar-refractivity contribution in [3.63, 3.8) is 0 Å². The van der Waals surface area contributed by atoms with Crippen molar-refractivity contribution in [1.29, 1.82) is 0 Å². The largest absolute Gasteiger partial charge is 0.305 e. The number of aryl methyl sites for hydroxylation is 1. The van der Waals surface area contributed by atoms with Gasteiger partial charge in [0.15, 0.2) is 0 Å². The number of rotatable bonds is 1. The number of aromatic nitrogens is 3. The van der Waals surface area contributed by atoms with Crippen LogP contribution in [0.2, 0.25) is 0 Å². The fourth-order valence-electron chi connectivity index (χ4n) is 1.80. The van der Waals surface area contributed by atoms with Gasteiger partial charge in [-0.15, -0.1) is 0 Å². The summed E-state index contributed by atoms with van der Waals surface area (Å²) in [5.41, 5.74) is 2.24. The van der Waals surface area contributed by atoms with Crippen molar-refractivity contribution in [2.24, 2.45) is 0 Å². The summed E-state index contributed by atoms with van der Waals surface area (Å²) in [5.74, 6) is 0.559. The molecule has 0 unspecified atom stereocenters. The first-order valence-electron chi connectivity index (χ1n) is 6.02. The van der Waals surface area contributed by atoms with Crippen molar-refractivity contribution in [2.45, 2.75) is 33.1 Å². The minimum Gasteiger partial charge on any atom is -0.305 e. The molecule has 2 rings (SSSR count). The van der Waals surface area contributed by atoms with E-state index in [0.717, 1.165) is 16.8 Å². The standard InChI is InChI=1S/C14H16BrN3O/c1-8-5-6-16-7-9(8)12-17-11(14(2,3)4)10(15)13(19)18-12/h5-7H,1-4H3,(H,17,18,19). The maximum atomic E-state index is 12.0. The molecule has 0 aliphatic heterocycles. The molecule has 0 atom stereocenters. The minimum atomic E-state index is -0.210. The van der Waals surface area contributed by atoms with Gasteiger partial charge in [-0.25, -0.2) is 4.98 Å². The van der Waals surface area contributed by atoms with Crippen LogP contribution < -0.4 is 5.56 Å². The van der Waals surface area contributed by atoms with Gasteiger partial charge in [0, 0.05) is 23.4 Å². The monoisotopic (exact) mass is 321 g/mol. The molecule has 100 valence electrons. The lowest BCUT2D eigenvalue weighted by molar-refractivity contribution is 0.562. The number of nitrogens with zero attached hydrogens (tertiary/aromatic N) is 2. The smallest absolute Gasteiger partial charge is 0.265 e. The molecule has 2 aromatic rings. The molecular formula is C14H16BrN3O. The number of hydrogen-bond acceptors (Lipinski definition) is 3. The van der Waals surface area contributed by atoms with Crippen LogP contribution in [0.1, 0.15) is 32.0 Å². The minimum absolute atomic E-state index is 0.168. The number of pyridine rings is 1. The molecule has 0 amide bonds. The van der Waals surface area contributed by atoms with E-state index in [1.807, 2.05) is 33.8 Å². The predicted molar refractivity (Wildman–Crippen MR) is 79.2 cm³/mol. The van der Waals surface area contributed by atoms with E-state index in [1.54, 1.807) is 12.4 Å². The van der Waals surface area contributed by atoms with Crippen LogP contribution in [0.4, 0.5) is 0 Å². The molecule has 0 saturated carbocycles. The molecule has 0 bridgehead atoms. The Balaban J connectivity index is 2.71. The van der Waals surface area contributed by atoms with Gasteiger partial charge >= 0.3 is 0 Å². The summed E-state index contributed by atoms with van der Waals surface area (Å²) in [6.07, 6.45) is 3.44. The predicted octanol–water partition coefficient (Wildman–Crippen LogP) is 3.20. The Morgan fingerprint density at radius 2 is 2.00 bits per heavy atom. The highest BCUT2D eigenvalue weighted by atomic mass is 79.9. The second kappa shape index (κ2) is 4.89. The highest BCUT2D eigenvalue weighted by molar-refractivity contribution is 9.10. The fourth-order valence-corrected chi connectivity index (χ4v) is 2.58. The first-order chi connectivity index (χ1) is 8.80. The van der Waals surface area contributed by atoms with E-state index in [9.17, 15) is 4.79 Å². The van der Waals surface area contributed by atoms with E-state index in [2.05, 4.69) is 30.9 Å². The van der Waals surface area contributed by atoms with Crippen molar-refractivity contribution in [3.05, 3.63) is 44.5 Å². The lowest BCUT2D eigenvalue weighted by Gasteiger charge is -2.19. The van der Waals surface area contributed by atoms with Crippen LogP contribution in [0, 0.1) is 6.92 Å². The van der Waals surface area contributed by atoms with Crippen molar-refractivity contribution in [1.82, 2.24) is 15.0 Å². The van der Waals surface area contributed by atoms with E-state index in [1.165, 1.54) is 0 Å². The maximum absolute atomic E-state index is 12.0. The third-order valence-electron chi connectivity index (χ3n) is 2.87. The molecule has 0 aliphatic rings. The van der Waals surface area contributed by atoms with Crippen LogP contribution >= 0.6 is 15.9 Å². The third-order valence-corrected chi connectivity index (χ3v) is 3.60. The first-order valence-corrected chi connectivity index (χ1v) is 6.81. The summed E-state index contributed by atoms with van der Waals surface area (Å²) in [7, 11) is 0. The Morgan fingerprint density at radius 3 is 2.58 bits per heavy atom. The lowest BCUT2D eigenvalue weighted by Crippen LogP contribution is -2.22. The summed E-state index contributed by atoms with van der Waals surface area (Å²) in [6.45, 7) is 8.05. The van der Waals surface area contributed by atoms with Crippen molar-refractivity contribution < 1.29 is 0 Å². The Kier molecular flexibility index (Phi) is 3.58. The second-order valence-electron chi connectivity index (χ2n) is 5.52. The maximum Gasteiger partial charge on any atom is 0.265 e. The molecule has 0 aliphatic carbocycles. The number of hydrogen-bond donors (Lipinski definition) is 1. The topological polar surface area (TPSA) is 58.6 Å². The van der Waals surface area contributed by atoms with Crippen LogP contribution in [-0.2, 0) is 5.41 Å². The second-order valence-corrected chi connectivity index (χ2v) is 6.31. The molecule has 5 heteroatoms. The Bertz CT molecular complexity index is 671. The van der Waals surface area contributed by atoms with Crippen LogP contribution in [-0.4, -0.2) is 15.0 Å². The third kappa shape index (κ3) is 2.76. The first kappa shape index (κ1) is 13.9. The van der Waals surface area contributed by atoms with Gasteiger partial charge in [-0.1, -0.05) is 20.8 Å². The zero-order chi connectivity index (χ0) is 14.2. The Morgan fingerprint density at radius 1 is 1.32 bits per heavy atom. The molecular weight excluding hydrogens is 306 g/mol. The van der Waals surface area contributed by atoms with Crippen LogP contribution in [0.3, 0.4) is 0 Å². The van der Waals surface area contributed by atoms with Gasteiger partial charge in [-0.3, -0.25) is 9.78 Å². The highest BCUT2D eigenvalue weighted by Gasteiger charge is 2.22. The normalized spacial score (nSPS) is 11.6. The average molecular weight is 322 g/mol. The van der Waals surface area contributed by atoms with Crippen LogP contribution in [0.5, 0.6) is 0 Å². The van der Waals surface area contributed by atoms with E-state index in [-0.39, 0.29) is 11.0 Å². The number of halogens is 1. The van der Waals surface area contributed by atoms with Crippen molar-refractivity contribution in [3.8, 4) is 11.4 Å². The van der Waals surface area contributed by atoms with Gasteiger partial charge in [-0.2, -0.15) is 0 Å². The molecule has 0 fully saturated rings. The van der Waals surface area contributed by atoms with Gasteiger partial charge in [0.2, 0.25) is 0 Å². The molecule has 19 heavy (non-hydrogen) atoms. The number of H-pyrrole nitrogens is 1. The van der Waals surface area contributed by atoms with Crippen molar-refractivity contribution >= 4 is 15.9 Å². The molecule has 2 heterocycles. The van der Waals surface area contributed by atoms with E-state index in [0.29, 0.717) is 10.3 Å². The molecule has 4 nitrogen and oxygen atoms in total. The summed E-state index contributed by atoms with van der Waals surface area (Å²) in [6, 6.07) is 1.90.